The molecule has 0 aliphatic heterocycles. The molecule has 0 radical (unpaired) electrons. The van der Waals surface area contributed by atoms with E-state index in [9.17, 15) is 34.8 Å². The summed E-state index contributed by atoms with van der Waals surface area (Å²) < 4.78 is 140. The minimum Gasteiger partial charge on any atom is -0.270 e. The molecule has 0 aromatic heterocycles. The predicted molar refractivity (Wildman–Crippen MR) is 113 cm³/mol. The summed E-state index contributed by atoms with van der Waals surface area (Å²) in [5, 5.41) is 5.19. The minimum atomic E-state index is -6.18. The van der Waals surface area contributed by atoms with E-state index in [1.807, 2.05) is 0 Å². The summed E-state index contributed by atoms with van der Waals surface area (Å²) in [6, 6.07) is 10.5. The standard InChI is InChI=1S/C22H18F8N2O2S/c1-32(2)20(24)17(21(25,26)27)11-14(12-19(20,23)22(28,29)30)18-15(13-7-4-3-5-8-13)9-6-10-16(18)35(31,33)34/h3-12H,1-2H3,(H2,31,33,34). The SMILES string of the molecule is CN(C)C1(F)C(C(F)(F)F)=CC(c2c(-c3ccccc3)cccc2S(N)(=O)=O)=CC1(F)C(F)(F)F. The number of sulfonamides is 1. The van der Waals surface area contributed by atoms with Gasteiger partial charge in [0, 0.05) is 5.56 Å². The predicted octanol–water partition coefficient (Wildman–Crippen LogP) is 5.38. The van der Waals surface area contributed by atoms with Crippen molar-refractivity contribution in [3.8, 4) is 11.1 Å². The average molecular weight is 526 g/mol. The number of primary sulfonamides is 1. The summed E-state index contributed by atoms with van der Waals surface area (Å²) in [5.74, 6) is -4.73. The maximum absolute atomic E-state index is 15.7. The van der Waals surface area contributed by atoms with Crippen molar-refractivity contribution < 1.29 is 43.5 Å². The molecule has 4 nitrogen and oxygen atoms in total. The van der Waals surface area contributed by atoms with Crippen LogP contribution in [0.4, 0.5) is 35.1 Å². The van der Waals surface area contributed by atoms with Crippen LogP contribution in [0, 0.1) is 0 Å². The molecular weight excluding hydrogens is 508 g/mol. The van der Waals surface area contributed by atoms with Crippen molar-refractivity contribution in [1.29, 1.82) is 0 Å². The van der Waals surface area contributed by atoms with Gasteiger partial charge in [-0.2, -0.15) is 26.3 Å². The summed E-state index contributed by atoms with van der Waals surface area (Å²) >= 11 is 0. The molecule has 2 atom stereocenters. The zero-order valence-electron chi connectivity index (χ0n) is 18.0. The zero-order chi connectivity index (χ0) is 26.6. The Balaban J connectivity index is 2.55. The molecule has 0 saturated carbocycles. The van der Waals surface area contributed by atoms with E-state index >= 15 is 8.78 Å². The van der Waals surface area contributed by atoms with Crippen LogP contribution in [-0.2, 0) is 10.0 Å². The highest BCUT2D eigenvalue weighted by atomic mass is 32.2. The molecule has 0 amide bonds. The van der Waals surface area contributed by atoms with E-state index in [0.717, 1.165) is 12.1 Å². The lowest BCUT2D eigenvalue weighted by Crippen LogP contribution is -2.66. The van der Waals surface area contributed by atoms with Crippen LogP contribution in [0.15, 0.2) is 71.2 Å². The van der Waals surface area contributed by atoms with Crippen molar-refractivity contribution in [3.63, 3.8) is 0 Å². The van der Waals surface area contributed by atoms with E-state index in [0.29, 0.717) is 14.1 Å². The highest BCUT2D eigenvalue weighted by Gasteiger charge is 2.75. The fourth-order valence-electron chi connectivity index (χ4n) is 3.97. The Morgan fingerprint density at radius 2 is 1.46 bits per heavy atom. The van der Waals surface area contributed by atoms with Crippen molar-refractivity contribution in [2.24, 2.45) is 5.14 Å². The lowest BCUT2D eigenvalue weighted by molar-refractivity contribution is -0.278. The number of allylic oxidation sites excluding steroid dienone is 2. The quantitative estimate of drug-likeness (QED) is 0.430. The third-order valence-electron chi connectivity index (χ3n) is 5.53. The minimum absolute atomic E-state index is 0.0278. The highest BCUT2D eigenvalue weighted by Crippen LogP contribution is 2.57. The Morgan fingerprint density at radius 1 is 0.886 bits per heavy atom. The molecule has 1 aliphatic rings. The number of nitrogens with zero attached hydrogens (tertiary/aromatic N) is 1. The molecule has 2 aromatic carbocycles. The lowest BCUT2D eigenvalue weighted by Gasteiger charge is -2.46. The van der Waals surface area contributed by atoms with E-state index in [1.165, 1.54) is 30.3 Å². The number of nitrogens with two attached hydrogens (primary N) is 1. The Morgan fingerprint density at radius 3 is 1.91 bits per heavy atom. The Kier molecular flexibility index (Phi) is 6.45. The monoisotopic (exact) mass is 526 g/mol. The van der Waals surface area contributed by atoms with E-state index < -0.39 is 55.4 Å². The average Bonchev–Trinajstić information content (AvgIpc) is 2.73. The normalized spacial score (nSPS) is 23.8. The van der Waals surface area contributed by atoms with Crippen LogP contribution in [0.3, 0.4) is 0 Å². The molecular formula is C22H18F8N2O2S. The summed E-state index contributed by atoms with van der Waals surface area (Å²) in [5.41, 5.74) is -9.61. The van der Waals surface area contributed by atoms with E-state index in [4.69, 9.17) is 5.14 Å². The second-order valence-corrected chi connectivity index (χ2v) is 9.50. The summed E-state index contributed by atoms with van der Waals surface area (Å²) in [7, 11) is -3.70. The molecule has 35 heavy (non-hydrogen) atoms. The zero-order valence-corrected chi connectivity index (χ0v) is 18.9. The van der Waals surface area contributed by atoms with Gasteiger partial charge in [0.15, 0.2) is 0 Å². The third kappa shape index (κ3) is 4.36. The lowest BCUT2D eigenvalue weighted by atomic mass is 9.76. The molecule has 0 spiro atoms. The van der Waals surface area contributed by atoms with Crippen molar-refractivity contribution in [2.45, 2.75) is 28.7 Å². The number of rotatable bonds is 4. The van der Waals surface area contributed by atoms with Gasteiger partial charge >= 0.3 is 12.4 Å². The number of alkyl halides is 8. The van der Waals surface area contributed by atoms with Gasteiger partial charge in [-0.05, 0) is 49.0 Å². The highest BCUT2D eigenvalue weighted by molar-refractivity contribution is 7.89. The molecule has 1 aliphatic carbocycles. The van der Waals surface area contributed by atoms with Crippen LogP contribution in [0.1, 0.15) is 5.56 Å². The maximum Gasteiger partial charge on any atom is 0.431 e. The van der Waals surface area contributed by atoms with Gasteiger partial charge in [-0.3, -0.25) is 4.90 Å². The van der Waals surface area contributed by atoms with Gasteiger partial charge in [-0.25, -0.2) is 22.3 Å². The largest absolute Gasteiger partial charge is 0.431 e. The first-order valence-electron chi connectivity index (χ1n) is 9.71. The summed E-state index contributed by atoms with van der Waals surface area (Å²) in [6.45, 7) is 0. The first kappa shape index (κ1) is 26.8. The second kappa shape index (κ2) is 8.42. The molecule has 2 N–H and O–H groups in total. The molecule has 190 valence electrons. The van der Waals surface area contributed by atoms with Gasteiger partial charge in [0.1, 0.15) is 0 Å². The Labute approximate surface area is 195 Å². The van der Waals surface area contributed by atoms with Gasteiger partial charge < -0.3 is 0 Å². The molecule has 0 saturated heterocycles. The number of benzene rings is 2. The van der Waals surface area contributed by atoms with Crippen LogP contribution in [0.25, 0.3) is 16.7 Å². The second-order valence-electron chi connectivity index (χ2n) is 7.97. The van der Waals surface area contributed by atoms with Gasteiger partial charge in [0.25, 0.3) is 5.67 Å². The Bertz CT molecular complexity index is 1300. The molecule has 2 aromatic rings. The molecule has 0 fully saturated rings. The first-order chi connectivity index (χ1) is 15.9. The van der Waals surface area contributed by atoms with Gasteiger partial charge in [-0.15, -0.1) is 0 Å². The van der Waals surface area contributed by atoms with E-state index in [2.05, 4.69) is 0 Å². The molecule has 0 heterocycles. The third-order valence-corrected chi connectivity index (χ3v) is 6.49. The smallest absolute Gasteiger partial charge is 0.270 e. The summed E-state index contributed by atoms with van der Waals surface area (Å²) in [6.07, 6.45) is -12.4. The van der Waals surface area contributed by atoms with E-state index in [-0.39, 0.29) is 28.2 Å². The van der Waals surface area contributed by atoms with Gasteiger partial charge in [0.05, 0.1) is 10.5 Å². The van der Waals surface area contributed by atoms with Gasteiger partial charge in [0.2, 0.25) is 15.8 Å². The molecule has 2 unspecified atom stereocenters. The van der Waals surface area contributed by atoms with Crippen molar-refractivity contribution in [2.75, 3.05) is 14.1 Å². The van der Waals surface area contributed by atoms with Crippen molar-refractivity contribution in [1.82, 2.24) is 4.90 Å². The van der Waals surface area contributed by atoms with Crippen LogP contribution >= 0.6 is 0 Å². The van der Waals surface area contributed by atoms with Gasteiger partial charge in [-0.1, -0.05) is 42.5 Å². The number of hydrogen-bond donors (Lipinski definition) is 1. The fourth-order valence-corrected chi connectivity index (χ4v) is 4.75. The van der Waals surface area contributed by atoms with E-state index in [1.54, 1.807) is 6.07 Å². The summed E-state index contributed by atoms with van der Waals surface area (Å²) in [4.78, 5) is -1.04. The maximum atomic E-state index is 15.7. The molecule has 0 bridgehead atoms. The fraction of sp³-hybridized carbons (Fsp3) is 0.273. The molecule has 3 rings (SSSR count). The number of hydrogen-bond acceptors (Lipinski definition) is 3. The van der Waals surface area contributed by atoms with Crippen LogP contribution in [0.2, 0.25) is 0 Å². The number of halogens is 8. The van der Waals surface area contributed by atoms with Crippen LogP contribution in [-0.4, -0.2) is 51.2 Å². The topological polar surface area (TPSA) is 63.4 Å². The van der Waals surface area contributed by atoms with Crippen LogP contribution in [0.5, 0.6) is 0 Å². The van der Waals surface area contributed by atoms with Crippen LogP contribution < -0.4 is 5.14 Å². The first-order valence-corrected chi connectivity index (χ1v) is 11.3. The molecule has 13 heteroatoms. The van der Waals surface area contributed by atoms with Crippen molar-refractivity contribution >= 4 is 15.6 Å². The van der Waals surface area contributed by atoms with Crippen molar-refractivity contribution in [3.05, 3.63) is 71.8 Å². The Hall–Kier alpha value is -2.77. The number of likely N-dealkylation sites (N-methyl/N-ethyl adjacent to an activating group) is 1.